The van der Waals surface area contributed by atoms with Gasteiger partial charge < -0.3 is 15.2 Å². The average molecular weight is 219 g/mol. The van der Waals surface area contributed by atoms with Crippen molar-refractivity contribution in [1.29, 1.82) is 0 Å². The lowest BCUT2D eigenvalue weighted by Gasteiger charge is -2.23. The molecule has 1 saturated carbocycles. The van der Waals surface area contributed by atoms with E-state index in [4.69, 9.17) is 9.84 Å². The number of aliphatic hydroxyl groups excluding tert-OH is 1. The standard InChI is InChI=1S/C5H9NO.C5H12O.CH4O/c7-4-6-5-2-1-3-5;1-5(2,3)6-4;1-2/h4-5H,1-3H2,(H,6,7);1-4H3;2H,1H3. The van der Waals surface area contributed by atoms with Gasteiger partial charge in [0.2, 0.25) is 6.41 Å². The van der Waals surface area contributed by atoms with E-state index >= 15 is 0 Å². The van der Waals surface area contributed by atoms with Gasteiger partial charge in [0, 0.05) is 20.3 Å². The van der Waals surface area contributed by atoms with Gasteiger partial charge in [-0.2, -0.15) is 0 Å². The SMILES string of the molecule is CO.COC(C)(C)C.O=CNC1CCC1. The summed E-state index contributed by atoms with van der Waals surface area (Å²) in [7, 11) is 2.71. The van der Waals surface area contributed by atoms with Crippen molar-refractivity contribution in [3.8, 4) is 0 Å². The third-order valence-electron chi connectivity index (χ3n) is 2.02. The van der Waals surface area contributed by atoms with E-state index in [1.165, 1.54) is 19.3 Å². The molecule has 0 spiro atoms. The van der Waals surface area contributed by atoms with Crippen LogP contribution >= 0.6 is 0 Å². The molecule has 1 fully saturated rings. The Labute approximate surface area is 93.0 Å². The number of nitrogens with one attached hydrogen (secondary N) is 1. The summed E-state index contributed by atoms with van der Waals surface area (Å²) in [6.07, 6.45) is 4.42. The fraction of sp³-hybridized carbons (Fsp3) is 0.909. The van der Waals surface area contributed by atoms with Crippen LogP contribution in [-0.2, 0) is 9.53 Å². The number of methoxy groups -OCH3 is 1. The molecule has 2 N–H and O–H groups in total. The van der Waals surface area contributed by atoms with Crippen LogP contribution < -0.4 is 5.32 Å². The topological polar surface area (TPSA) is 58.6 Å². The fourth-order valence-corrected chi connectivity index (χ4v) is 0.671. The molecule has 0 aromatic rings. The van der Waals surface area contributed by atoms with Gasteiger partial charge in [0.15, 0.2) is 0 Å². The molecule has 0 saturated heterocycles. The highest BCUT2D eigenvalue weighted by Gasteiger charge is 2.14. The van der Waals surface area contributed by atoms with Gasteiger partial charge in [-0.1, -0.05) is 0 Å². The second-order valence-corrected chi connectivity index (χ2v) is 4.23. The summed E-state index contributed by atoms with van der Waals surface area (Å²) < 4.78 is 4.94. The Bertz CT molecular complexity index is 139. The highest BCUT2D eigenvalue weighted by molar-refractivity contribution is 5.46. The van der Waals surface area contributed by atoms with E-state index in [0.29, 0.717) is 6.04 Å². The lowest BCUT2D eigenvalue weighted by Crippen LogP contribution is -2.33. The van der Waals surface area contributed by atoms with Gasteiger partial charge in [0.1, 0.15) is 0 Å². The first-order valence-corrected chi connectivity index (χ1v) is 5.19. The molecule has 1 rings (SSSR count). The van der Waals surface area contributed by atoms with E-state index in [9.17, 15) is 4.79 Å². The van der Waals surface area contributed by atoms with Crippen LogP contribution in [0.15, 0.2) is 0 Å². The zero-order valence-electron chi connectivity index (χ0n) is 10.5. The van der Waals surface area contributed by atoms with Crippen LogP contribution in [0.5, 0.6) is 0 Å². The number of rotatable bonds is 2. The van der Waals surface area contributed by atoms with Gasteiger partial charge in [-0.15, -0.1) is 0 Å². The Morgan fingerprint density at radius 2 is 1.73 bits per heavy atom. The van der Waals surface area contributed by atoms with Gasteiger partial charge in [-0.05, 0) is 40.0 Å². The molecule has 1 aliphatic carbocycles. The van der Waals surface area contributed by atoms with Crippen LogP contribution in [0.1, 0.15) is 40.0 Å². The minimum atomic E-state index is 0.0417. The molecule has 0 unspecified atom stereocenters. The smallest absolute Gasteiger partial charge is 0.207 e. The lowest BCUT2D eigenvalue weighted by atomic mass is 9.94. The van der Waals surface area contributed by atoms with Crippen LogP contribution in [0.2, 0.25) is 0 Å². The van der Waals surface area contributed by atoms with Crippen molar-refractivity contribution < 1.29 is 14.6 Å². The summed E-state index contributed by atoms with van der Waals surface area (Å²) in [6, 6.07) is 0.512. The molecule has 4 nitrogen and oxygen atoms in total. The van der Waals surface area contributed by atoms with Crippen molar-refractivity contribution in [3.63, 3.8) is 0 Å². The summed E-state index contributed by atoms with van der Waals surface area (Å²) in [5, 5.41) is 9.70. The number of carbonyl (C=O) groups is 1. The van der Waals surface area contributed by atoms with Gasteiger partial charge >= 0.3 is 0 Å². The molecule has 1 amide bonds. The minimum absolute atomic E-state index is 0.0417. The van der Waals surface area contributed by atoms with Crippen molar-refractivity contribution >= 4 is 6.41 Å². The van der Waals surface area contributed by atoms with Crippen LogP contribution in [0.25, 0.3) is 0 Å². The highest BCUT2D eigenvalue weighted by Crippen LogP contribution is 2.16. The molecule has 15 heavy (non-hydrogen) atoms. The maximum atomic E-state index is 9.70. The largest absolute Gasteiger partial charge is 0.400 e. The zero-order valence-corrected chi connectivity index (χ0v) is 10.5. The molecular formula is C11H25NO3. The molecule has 92 valence electrons. The Hall–Kier alpha value is -0.610. The Balaban J connectivity index is 0. The van der Waals surface area contributed by atoms with E-state index < -0.39 is 0 Å². The molecule has 0 aromatic heterocycles. The van der Waals surface area contributed by atoms with E-state index in [0.717, 1.165) is 13.5 Å². The third kappa shape index (κ3) is 13.4. The molecule has 0 atom stereocenters. The fourth-order valence-electron chi connectivity index (χ4n) is 0.671. The number of carbonyl (C=O) groups excluding carboxylic acids is 1. The van der Waals surface area contributed by atoms with Crippen LogP contribution in [-0.4, -0.2) is 37.4 Å². The maximum Gasteiger partial charge on any atom is 0.207 e. The molecule has 0 radical (unpaired) electrons. The number of aliphatic hydroxyl groups is 1. The predicted octanol–water partition coefficient (Wildman–Crippen LogP) is 1.32. The number of ether oxygens (including phenoxy) is 1. The predicted molar refractivity (Wildman–Crippen MR) is 61.7 cm³/mol. The zero-order chi connectivity index (χ0) is 12.3. The van der Waals surface area contributed by atoms with Crippen LogP contribution in [0.3, 0.4) is 0 Å². The summed E-state index contributed by atoms with van der Waals surface area (Å²) in [5.41, 5.74) is 0.0417. The van der Waals surface area contributed by atoms with Crippen LogP contribution in [0.4, 0.5) is 0 Å². The molecular weight excluding hydrogens is 194 g/mol. The van der Waals surface area contributed by atoms with Gasteiger partial charge in [0.05, 0.1) is 5.60 Å². The molecule has 0 bridgehead atoms. The summed E-state index contributed by atoms with van der Waals surface area (Å²) in [4.78, 5) is 9.70. The Kier molecular flexibility index (Phi) is 11.1. The van der Waals surface area contributed by atoms with Gasteiger partial charge in [-0.3, -0.25) is 4.79 Å². The number of amides is 1. The number of hydrogen-bond donors (Lipinski definition) is 2. The first-order valence-electron chi connectivity index (χ1n) is 5.19. The first-order chi connectivity index (χ1) is 6.99. The minimum Gasteiger partial charge on any atom is -0.400 e. The Morgan fingerprint density at radius 3 is 1.80 bits per heavy atom. The summed E-state index contributed by atoms with van der Waals surface area (Å²) in [5.74, 6) is 0. The second-order valence-electron chi connectivity index (χ2n) is 4.23. The highest BCUT2D eigenvalue weighted by atomic mass is 16.5. The van der Waals surface area contributed by atoms with Gasteiger partial charge in [0.25, 0.3) is 0 Å². The lowest BCUT2D eigenvalue weighted by molar-refractivity contribution is -0.110. The Morgan fingerprint density at radius 1 is 1.33 bits per heavy atom. The van der Waals surface area contributed by atoms with E-state index in [2.05, 4.69) is 5.32 Å². The quantitative estimate of drug-likeness (QED) is 0.689. The molecule has 0 aromatic carbocycles. The number of hydrogen-bond acceptors (Lipinski definition) is 3. The molecule has 4 heteroatoms. The van der Waals surface area contributed by atoms with Crippen molar-refractivity contribution in [2.24, 2.45) is 0 Å². The third-order valence-corrected chi connectivity index (χ3v) is 2.02. The van der Waals surface area contributed by atoms with Crippen LogP contribution in [0, 0.1) is 0 Å². The van der Waals surface area contributed by atoms with Crippen molar-refractivity contribution in [3.05, 3.63) is 0 Å². The summed E-state index contributed by atoms with van der Waals surface area (Å²) >= 11 is 0. The molecule has 0 aliphatic heterocycles. The monoisotopic (exact) mass is 219 g/mol. The average Bonchev–Trinajstić information content (AvgIpc) is 2.15. The van der Waals surface area contributed by atoms with Crippen molar-refractivity contribution in [2.45, 2.75) is 51.7 Å². The molecule has 1 aliphatic rings. The van der Waals surface area contributed by atoms with Crippen molar-refractivity contribution in [2.75, 3.05) is 14.2 Å². The van der Waals surface area contributed by atoms with Crippen molar-refractivity contribution in [1.82, 2.24) is 5.32 Å². The normalized spacial score (nSPS) is 14.8. The maximum absolute atomic E-state index is 9.70. The summed E-state index contributed by atoms with van der Waals surface area (Å²) in [6.45, 7) is 6.06. The van der Waals surface area contributed by atoms with E-state index in [1.807, 2.05) is 20.8 Å². The van der Waals surface area contributed by atoms with E-state index in [-0.39, 0.29) is 5.60 Å². The van der Waals surface area contributed by atoms with E-state index in [1.54, 1.807) is 7.11 Å². The molecule has 0 heterocycles. The first kappa shape index (κ1) is 16.8. The van der Waals surface area contributed by atoms with Gasteiger partial charge in [-0.25, -0.2) is 0 Å². The second kappa shape index (κ2) is 9.93.